The van der Waals surface area contributed by atoms with Crippen LogP contribution in [0.1, 0.15) is 54.6 Å². The van der Waals surface area contributed by atoms with Crippen molar-refractivity contribution in [3.63, 3.8) is 0 Å². The molecule has 3 rings (SSSR count). The smallest absolute Gasteiger partial charge is 0.0801 e. The van der Waals surface area contributed by atoms with Crippen LogP contribution in [0.5, 0.6) is 0 Å². The lowest BCUT2D eigenvalue weighted by molar-refractivity contribution is 0.185. The SMILES string of the molecule is C=CC(O)C(CC)c1cccc(/C(=C/CN2CCCC2)c2ccc(C)cc2)n1. The Bertz CT molecular complexity index is 804. The van der Waals surface area contributed by atoms with Crippen LogP contribution in [-0.2, 0) is 0 Å². The molecule has 2 unspecified atom stereocenters. The van der Waals surface area contributed by atoms with Crippen molar-refractivity contribution in [3.8, 4) is 0 Å². The monoisotopic (exact) mass is 376 g/mol. The van der Waals surface area contributed by atoms with Crippen LogP contribution in [0, 0.1) is 6.92 Å². The van der Waals surface area contributed by atoms with E-state index in [0.717, 1.165) is 29.9 Å². The zero-order valence-electron chi connectivity index (χ0n) is 17.1. The fraction of sp³-hybridized carbons (Fsp3) is 0.400. The van der Waals surface area contributed by atoms with Gasteiger partial charge >= 0.3 is 0 Å². The first-order chi connectivity index (χ1) is 13.6. The molecule has 28 heavy (non-hydrogen) atoms. The molecule has 2 atom stereocenters. The van der Waals surface area contributed by atoms with E-state index in [-0.39, 0.29) is 5.92 Å². The predicted molar refractivity (Wildman–Crippen MR) is 117 cm³/mol. The second kappa shape index (κ2) is 9.81. The van der Waals surface area contributed by atoms with Crippen molar-refractivity contribution >= 4 is 5.57 Å². The molecule has 2 heterocycles. The Morgan fingerprint density at radius 3 is 2.54 bits per heavy atom. The molecule has 1 aliphatic heterocycles. The van der Waals surface area contributed by atoms with Gasteiger partial charge in [-0.05, 0) is 57.0 Å². The number of pyridine rings is 1. The lowest BCUT2D eigenvalue weighted by atomic mass is 9.94. The van der Waals surface area contributed by atoms with Crippen LogP contribution < -0.4 is 0 Å². The number of hydrogen-bond acceptors (Lipinski definition) is 3. The number of hydrogen-bond donors (Lipinski definition) is 1. The second-order valence-electron chi connectivity index (χ2n) is 7.68. The summed E-state index contributed by atoms with van der Waals surface area (Å²) in [4.78, 5) is 7.46. The second-order valence-corrected chi connectivity index (χ2v) is 7.68. The number of aliphatic hydroxyl groups is 1. The molecule has 3 heteroatoms. The largest absolute Gasteiger partial charge is 0.388 e. The Balaban J connectivity index is 1.97. The summed E-state index contributed by atoms with van der Waals surface area (Å²) >= 11 is 0. The number of nitrogens with zero attached hydrogens (tertiary/aromatic N) is 2. The van der Waals surface area contributed by atoms with Gasteiger partial charge in [0, 0.05) is 23.7 Å². The van der Waals surface area contributed by atoms with E-state index in [4.69, 9.17) is 4.98 Å². The number of benzene rings is 1. The summed E-state index contributed by atoms with van der Waals surface area (Å²) in [5, 5.41) is 10.3. The Morgan fingerprint density at radius 2 is 1.89 bits per heavy atom. The number of aliphatic hydroxyl groups excluding tert-OH is 1. The van der Waals surface area contributed by atoms with Crippen LogP contribution >= 0.6 is 0 Å². The molecule has 1 saturated heterocycles. The summed E-state index contributed by atoms with van der Waals surface area (Å²) in [6, 6.07) is 14.8. The molecule has 1 N–H and O–H groups in total. The van der Waals surface area contributed by atoms with Gasteiger partial charge in [0.05, 0.1) is 11.8 Å². The highest BCUT2D eigenvalue weighted by Gasteiger charge is 2.19. The van der Waals surface area contributed by atoms with Crippen LogP contribution in [0.4, 0.5) is 0 Å². The first kappa shape index (κ1) is 20.5. The molecule has 0 aliphatic carbocycles. The van der Waals surface area contributed by atoms with Crippen LogP contribution in [0.25, 0.3) is 5.57 Å². The molecule has 0 spiro atoms. The van der Waals surface area contributed by atoms with E-state index in [1.807, 2.05) is 12.1 Å². The number of aromatic nitrogens is 1. The lowest BCUT2D eigenvalue weighted by Gasteiger charge is -2.20. The fourth-order valence-electron chi connectivity index (χ4n) is 3.89. The van der Waals surface area contributed by atoms with Crippen molar-refractivity contribution in [2.75, 3.05) is 19.6 Å². The van der Waals surface area contributed by atoms with E-state index >= 15 is 0 Å². The van der Waals surface area contributed by atoms with E-state index in [1.165, 1.54) is 37.1 Å². The molecule has 1 aromatic heterocycles. The minimum atomic E-state index is -0.579. The van der Waals surface area contributed by atoms with Gasteiger partial charge < -0.3 is 5.11 Å². The third-order valence-electron chi connectivity index (χ3n) is 5.63. The van der Waals surface area contributed by atoms with Crippen molar-refractivity contribution in [1.29, 1.82) is 0 Å². The highest BCUT2D eigenvalue weighted by atomic mass is 16.3. The Labute approximate surface area is 169 Å². The Hall–Kier alpha value is -2.23. The zero-order valence-corrected chi connectivity index (χ0v) is 17.1. The summed E-state index contributed by atoms with van der Waals surface area (Å²) in [5.41, 5.74) is 5.50. The van der Waals surface area contributed by atoms with E-state index < -0.39 is 6.10 Å². The van der Waals surface area contributed by atoms with Crippen molar-refractivity contribution in [1.82, 2.24) is 9.88 Å². The van der Waals surface area contributed by atoms with Crippen molar-refractivity contribution in [2.45, 2.75) is 45.1 Å². The summed E-state index contributed by atoms with van der Waals surface area (Å²) < 4.78 is 0. The van der Waals surface area contributed by atoms with Gasteiger partial charge in [-0.15, -0.1) is 6.58 Å². The molecule has 0 saturated carbocycles. The van der Waals surface area contributed by atoms with Gasteiger partial charge in [0.25, 0.3) is 0 Å². The molecule has 1 aromatic carbocycles. The van der Waals surface area contributed by atoms with Gasteiger partial charge in [-0.25, -0.2) is 0 Å². The maximum absolute atomic E-state index is 10.3. The average Bonchev–Trinajstić information content (AvgIpc) is 3.24. The van der Waals surface area contributed by atoms with Crippen LogP contribution in [0.2, 0.25) is 0 Å². The fourth-order valence-corrected chi connectivity index (χ4v) is 3.89. The van der Waals surface area contributed by atoms with Gasteiger partial charge in [0.15, 0.2) is 0 Å². The van der Waals surface area contributed by atoms with Gasteiger partial charge in [-0.1, -0.05) is 55.0 Å². The Morgan fingerprint density at radius 1 is 1.18 bits per heavy atom. The molecule has 148 valence electrons. The molecule has 0 bridgehead atoms. The van der Waals surface area contributed by atoms with Gasteiger partial charge in [0.1, 0.15) is 0 Å². The maximum atomic E-state index is 10.3. The third-order valence-corrected chi connectivity index (χ3v) is 5.63. The van der Waals surface area contributed by atoms with Crippen LogP contribution in [-0.4, -0.2) is 40.7 Å². The summed E-state index contributed by atoms with van der Waals surface area (Å²) in [5.74, 6) is -0.0321. The molecular weight excluding hydrogens is 344 g/mol. The zero-order chi connectivity index (χ0) is 19.9. The predicted octanol–water partition coefficient (Wildman–Crippen LogP) is 4.96. The highest BCUT2D eigenvalue weighted by Crippen LogP contribution is 2.27. The third kappa shape index (κ3) is 4.98. The summed E-state index contributed by atoms with van der Waals surface area (Å²) in [6.07, 6.45) is 6.74. The van der Waals surface area contributed by atoms with E-state index in [1.54, 1.807) is 6.08 Å². The van der Waals surface area contributed by atoms with Crippen molar-refractivity contribution in [3.05, 3.63) is 83.7 Å². The quantitative estimate of drug-likeness (QED) is 0.662. The van der Waals surface area contributed by atoms with Crippen LogP contribution in [0.3, 0.4) is 0 Å². The standard InChI is InChI=1S/C25H32N2O/c1-4-21(25(28)5-2)23-9-8-10-24(26-23)22(15-18-27-16-6-7-17-27)20-13-11-19(3)12-14-20/h5,8-15,21,25,28H,2,4,6-7,16-18H2,1,3H3/b22-15+. The summed E-state index contributed by atoms with van der Waals surface area (Å²) in [6.45, 7) is 11.2. The van der Waals surface area contributed by atoms with Crippen molar-refractivity contribution < 1.29 is 5.11 Å². The van der Waals surface area contributed by atoms with Crippen molar-refractivity contribution in [2.24, 2.45) is 0 Å². The average molecular weight is 377 g/mol. The minimum Gasteiger partial charge on any atom is -0.388 e. The summed E-state index contributed by atoms with van der Waals surface area (Å²) in [7, 11) is 0. The lowest BCUT2D eigenvalue weighted by Crippen LogP contribution is -2.19. The van der Waals surface area contributed by atoms with E-state index in [2.05, 4.69) is 61.7 Å². The molecule has 1 fully saturated rings. The number of rotatable bonds is 8. The van der Waals surface area contributed by atoms with Gasteiger partial charge in [-0.2, -0.15) is 0 Å². The minimum absolute atomic E-state index is 0.0321. The number of aryl methyl sites for hydroxylation is 1. The molecule has 0 radical (unpaired) electrons. The topological polar surface area (TPSA) is 36.4 Å². The normalized spacial score (nSPS) is 17.5. The molecular formula is C25H32N2O. The van der Waals surface area contributed by atoms with E-state index in [9.17, 15) is 5.11 Å². The molecule has 1 aliphatic rings. The van der Waals surface area contributed by atoms with Gasteiger partial charge in [-0.3, -0.25) is 9.88 Å². The first-order valence-corrected chi connectivity index (χ1v) is 10.4. The van der Waals surface area contributed by atoms with Crippen LogP contribution in [0.15, 0.2) is 61.2 Å². The van der Waals surface area contributed by atoms with E-state index in [0.29, 0.717) is 0 Å². The Kier molecular flexibility index (Phi) is 7.18. The molecule has 3 nitrogen and oxygen atoms in total. The molecule has 2 aromatic rings. The number of likely N-dealkylation sites (tertiary alicyclic amines) is 1. The van der Waals surface area contributed by atoms with Gasteiger partial charge in [0.2, 0.25) is 0 Å². The molecule has 0 amide bonds. The first-order valence-electron chi connectivity index (χ1n) is 10.4. The highest BCUT2D eigenvalue weighted by molar-refractivity contribution is 5.78. The maximum Gasteiger partial charge on any atom is 0.0801 e.